The number of para-hydroxylation sites is 1. The Bertz CT molecular complexity index is 992. The van der Waals surface area contributed by atoms with Crippen molar-refractivity contribution in [1.82, 2.24) is 9.55 Å². The van der Waals surface area contributed by atoms with Crippen LogP contribution in [0.4, 0.5) is 15.5 Å². The van der Waals surface area contributed by atoms with Crippen molar-refractivity contribution < 1.29 is 28.7 Å². The smallest absolute Gasteiger partial charge is 0.464 e. The molecular weight excluding hydrogens is 389 g/mol. The average molecular weight is 417 g/mol. The molecule has 0 saturated carbocycles. The highest BCUT2D eigenvalue weighted by molar-refractivity contribution is 6.65. The quantitative estimate of drug-likeness (QED) is 0.748. The lowest BCUT2D eigenvalue weighted by Crippen LogP contribution is -2.41. The monoisotopic (exact) mass is 417 g/mol. The molecule has 9 nitrogen and oxygen atoms in total. The van der Waals surface area contributed by atoms with Crippen molar-refractivity contribution >= 4 is 41.7 Å². The van der Waals surface area contributed by atoms with E-state index in [1.54, 1.807) is 33.9 Å². The molecule has 3 rings (SSSR count). The van der Waals surface area contributed by atoms with Crippen LogP contribution in [0.3, 0.4) is 0 Å². The van der Waals surface area contributed by atoms with Gasteiger partial charge in [-0.2, -0.15) is 0 Å². The third kappa shape index (κ3) is 3.77. The number of aromatic nitrogens is 2. The predicted molar refractivity (Wildman–Crippen MR) is 113 cm³/mol. The second kappa shape index (κ2) is 6.99. The van der Waals surface area contributed by atoms with E-state index in [4.69, 9.17) is 14.0 Å². The van der Waals surface area contributed by atoms with Gasteiger partial charge in [0, 0.05) is 12.5 Å². The van der Waals surface area contributed by atoms with Crippen molar-refractivity contribution in [2.45, 2.75) is 65.3 Å². The molecule has 2 aromatic rings. The Balaban J connectivity index is 2.09. The number of fused-ring (bicyclic) bond motifs is 1. The highest BCUT2D eigenvalue weighted by Gasteiger charge is 2.52. The van der Waals surface area contributed by atoms with Crippen LogP contribution < -0.4 is 10.4 Å². The number of anilines is 1. The molecule has 1 N–H and O–H groups in total. The summed E-state index contributed by atoms with van der Waals surface area (Å²) in [6, 6.07) is 5.42. The molecule has 0 spiro atoms. The molecule has 0 atom stereocenters. The van der Waals surface area contributed by atoms with E-state index in [9.17, 15) is 14.7 Å². The van der Waals surface area contributed by atoms with Crippen LogP contribution in [0.1, 0.15) is 48.5 Å². The number of ether oxygens (including phenoxy) is 1. The van der Waals surface area contributed by atoms with Crippen molar-refractivity contribution in [3.8, 4) is 0 Å². The zero-order valence-corrected chi connectivity index (χ0v) is 18.6. The van der Waals surface area contributed by atoms with Gasteiger partial charge in [-0.3, -0.25) is 0 Å². The molecule has 0 aliphatic carbocycles. The molecule has 1 aromatic heterocycles. The van der Waals surface area contributed by atoms with Gasteiger partial charge in [-0.25, -0.2) is 14.6 Å². The lowest BCUT2D eigenvalue weighted by Gasteiger charge is -2.32. The van der Waals surface area contributed by atoms with Gasteiger partial charge in [0.05, 0.1) is 22.2 Å². The summed E-state index contributed by atoms with van der Waals surface area (Å²) in [4.78, 5) is 29.4. The molecule has 1 aromatic carbocycles. The fourth-order valence-electron chi connectivity index (χ4n) is 3.14. The van der Waals surface area contributed by atoms with Crippen LogP contribution in [0, 0.1) is 0 Å². The second-order valence-corrected chi connectivity index (χ2v) is 9.37. The normalized spacial score (nSPS) is 17.9. The fraction of sp³-hybridized carbons (Fsp3) is 0.550. The Kier molecular flexibility index (Phi) is 5.15. The number of aryl methyl sites for hydroxylation is 1. The van der Waals surface area contributed by atoms with E-state index in [1.165, 1.54) is 4.57 Å². The Hall–Kier alpha value is -2.59. The van der Waals surface area contributed by atoms with Gasteiger partial charge in [0.2, 0.25) is 5.95 Å². The number of carbonyl (C=O) groups excluding carboxylic acids is 1. The van der Waals surface area contributed by atoms with E-state index < -0.39 is 36.1 Å². The zero-order chi connectivity index (χ0) is 22.6. The van der Waals surface area contributed by atoms with Gasteiger partial charge in [0.25, 0.3) is 0 Å². The molecule has 162 valence electrons. The maximum Gasteiger partial charge on any atom is 0.497 e. The Morgan fingerprint density at radius 2 is 1.73 bits per heavy atom. The molecule has 2 heterocycles. The van der Waals surface area contributed by atoms with Crippen LogP contribution in [-0.2, 0) is 21.1 Å². The van der Waals surface area contributed by atoms with Gasteiger partial charge in [0.15, 0.2) is 0 Å². The minimum atomic E-state index is -1.49. The van der Waals surface area contributed by atoms with Gasteiger partial charge < -0.3 is 23.7 Å². The summed E-state index contributed by atoms with van der Waals surface area (Å²) in [5, 5.41) is 9.68. The van der Waals surface area contributed by atoms with Crippen molar-refractivity contribution in [1.29, 1.82) is 0 Å². The van der Waals surface area contributed by atoms with Crippen molar-refractivity contribution in [3.63, 3.8) is 0 Å². The van der Waals surface area contributed by atoms with Crippen LogP contribution in [0.15, 0.2) is 18.2 Å². The van der Waals surface area contributed by atoms with Gasteiger partial charge in [-0.05, 0) is 54.5 Å². The van der Waals surface area contributed by atoms with Crippen LogP contribution >= 0.6 is 0 Å². The van der Waals surface area contributed by atoms with Crippen molar-refractivity contribution in [2.75, 3.05) is 4.90 Å². The highest BCUT2D eigenvalue weighted by atomic mass is 16.7. The highest BCUT2D eigenvalue weighted by Crippen LogP contribution is 2.37. The van der Waals surface area contributed by atoms with E-state index in [1.807, 2.05) is 39.8 Å². The number of benzene rings is 1. The number of nitrogens with zero attached hydrogens (tertiary/aromatic N) is 3. The summed E-state index contributed by atoms with van der Waals surface area (Å²) >= 11 is 0. The predicted octanol–water partition coefficient (Wildman–Crippen LogP) is 3.29. The number of hydrogen-bond acceptors (Lipinski definition) is 6. The SMILES string of the molecule is Cn1c(N(C(=O)O)C(=O)OC(C)(C)C)nc2c(B3OC(C)(C)C(C)(C)O3)cccc21. The van der Waals surface area contributed by atoms with Gasteiger partial charge in [-0.1, -0.05) is 12.1 Å². The molecule has 0 unspecified atom stereocenters. The van der Waals surface area contributed by atoms with E-state index >= 15 is 0 Å². The maximum absolute atomic E-state index is 12.6. The topological polar surface area (TPSA) is 103 Å². The lowest BCUT2D eigenvalue weighted by atomic mass is 9.78. The molecule has 0 bridgehead atoms. The van der Waals surface area contributed by atoms with E-state index in [-0.39, 0.29) is 5.95 Å². The van der Waals surface area contributed by atoms with Crippen LogP contribution in [0.5, 0.6) is 0 Å². The number of carbonyl (C=O) groups is 2. The minimum Gasteiger partial charge on any atom is -0.464 e. The number of imidazole rings is 1. The van der Waals surface area contributed by atoms with E-state index in [2.05, 4.69) is 4.98 Å². The fourth-order valence-corrected chi connectivity index (χ4v) is 3.14. The number of hydrogen-bond donors (Lipinski definition) is 1. The first-order valence-corrected chi connectivity index (χ1v) is 9.71. The largest absolute Gasteiger partial charge is 0.497 e. The molecule has 0 radical (unpaired) electrons. The summed E-state index contributed by atoms with van der Waals surface area (Å²) in [5.74, 6) is -0.0734. The molecule has 1 aliphatic rings. The van der Waals surface area contributed by atoms with Crippen LogP contribution in [0.2, 0.25) is 0 Å². The summed E-state index contributed by atoms with van der Waals surface area (Å²) in [7, 11) is 0.958. The van der Waals surface area contributed by atoms with Crippen molar-refractivity contribution in [2.24, 2.45) is 7.05 Å². The molecule has 2 amide bonds. The Labute approximate surface area is 176 Å². The molecule has 1 saturated heterocycles. The molecule has 30 heavy (non-hydrogen) atoms. The number of amides is 2. The van der Waals surface area contributed by atoms with E-state index in [0.717, 1.165) is 0 Å². The number of imide groups is 1. The van der Waals surface area contributed by atoms with Gasteiger partial charge in [0.1, 0.15) is 5.60 Å². The van der Waals surface area contributed by atoms with Crippen LogP contribution in [-0.4, -0.2) is 50.8 Å². The van der Waals surface area contributed by atoms with Crippen LogP contribution in [0.25, 0.3) is 11.0 Å². The maximum atomic E-state index is 12.6. The van der Waals surface area contributed by atoms with Gasteiger partial charge in [-0.15, -0.1) is 4.90 Å². The van der Waals surface area contributed by atoms with Crippen molar-refractivity contribution in [3.05, 3.63) is 18.2 Å². The van der Waals surface area contributed by atoms with E-state index in [0.29, 0.717) is 21.4 Å². The minimum absolute atomic E-state index is 0.0734. The summed E-state index contributed by atoms with van der Waals surface area (Å²) in [6.45, 7) is 12.8. The second-order valence-electron chi connectivity index (χ2n) is 9.37. The summed E-state index contributed by atoms with van der Waals surface area (Å²) < 4.78 is 19.1. The standard InChI is InChI=1S/C20H28BN3O6/c1-18(2,3)28-17(27)24(16(25)26)15-22-14-12(10-9-11-13(14)23(15)8)21-29-19(4,5)20(6,7)30-21/h9-11H,1-8H3,(H,25,26). The molecule has 10 heteroatoms. The molecule has 1 aliphatic heterocycles. The molecular formula is C20H28BN3O6. The number of rotatable bonds is 2. The first-order valence-electron chi connectivity index (χ1n) is 9.71. The third-order valence-electron chi connectivity index (χ3n) is 5.39. The molecule has 1 fully saturated rings. The third-order valence-corrected chi connectivity index (χ3v) is 5.39. The first kappa shape index (κ1) is 22.1. The summed E-state index contributed by atoms with van der Waals surface area (Å²) in [5.41, 5.74) is -0.163. The first-order chi connectivity index (χ1) is 13.6. The Morgan fingerprint density at radius 1 is 1.17 bits per heavy atom. The lowest BCUT2D eigenvalue weighted by molar-refractivity contribution is 0.00578. The zero-order valence-electron chi connectivity index (χ0n) is 18.6. The average Bonchev–Trinajstić information content (AvgIpc) is 2.99. The number of carboxylic acid groups (broad SMARTS) is 1. The Morgan fingerprint density at radius 3 is 2.23 bits per heavy atom. The van der Waals surface area contributed by atoms with Gasteiger partial charge >= 0.3 is 19.3 Å². The summed E-state index contributed by atoms with van der Waals surface area (Å²) in [6.07, 6.45) is -2.51.